The molecule has 0 aliphatic carbocycles. The molecule has 0 aromatic heterocycles. The van der Waals surface area contributed by atoms with Gasteiger partial charge in [0.05, 0.1) is 0 Å². The van der Waals surface area contributed by atoms with Crippen molar-refractivity contribution in [3.63, 3.8) is 0 Å². The molecule has 0 bridgehead atoms. The van der Waals surface area contributed by atoms with Gasteiger partial charge in [0, 0.05) is 19.8 Å². The molecule has 0 spiro atoms. The van der Waals surface area contributed by atoms with Gasteiger partial charge in [0.15, 0.2) is 0 Å². The van der Waals surface area contributed by atoms with Crippen LogP contribution < -0.4 is 0 Å². The van der Waals surface area contributed by atoms with Crippen LogP contribution in [0.15, 0.2) is 86.5 Å². The van der Waals surface area contributed by atoms with E-state index in [9.17, 15) is 0 Å². The summed E-state index contributed by atoms with van der Waals surface area (Å²) in [6, 6.07) is 17.0. The van der Waals surface area contributed by atoms with E-state index in [1.165, 1.54) is 11.1 Å². The zero-order valence-electron chi connectivity index (χ0n) is 17.6. The monoisotopic (exact) mass is 558 g/mol. The third-order valence-corrected chi connectivity index (χ3v) is 4.98. The molecule has 32 heavy (non-hydrogen) atoms. The Balaban J connectivity index is 0.000000913. The fourth-order valence-electron chi connectivity index (χ4n) is 3.36. The van der Waals surface area contributed by atoms with Crippen LogP contribution in [0.5, 0.6) is 0 Å². The quantitative estimate of drug-likeness (QED) is 0.273. The van der Waals surface area contributed by atoms with Gasteiger partial charge in [-0.1, -0.05) is 73.8 Å². The van der Waals surface area contributed by atoms with Crippen molar-refractivity contribution in [2.24, 2.45) is 0 Å². The third-order valence-electron chi connectivity index (χ3n) is 4.98. The van der Waals surface area contributed by atoms with Gasteiger partial charge in [-0.25, -0.2) is 0 Å². The maximum atomic E-state index is 4.81. The average Bonchev–Trinajstić information content (AvgIpc) is 3.45. The Morgan fingerprint density at radius 1 is 0.656 bits per heavy atom. The average molecular weight is 560 g/mol. The predicted octanol–water partition coefficient (Wildman–Crippen LogP) is 6.42. The molecular formula is C25H26Cl2N4Pd-2. The summed E-state index contributed by atoms with van der Waals surface area (Å²) in [5.41, 5.74) is 4.85. The van der Waals surface area contributed by atoms with Crippen molar-refractivity contribution in [1.29, 1.82) is 0 Å². The molecular weight excluding hydrogens is 534 g/mol. The molecule has 4 rings (SSSR count). The number of hydrogen-bond acceptors (Lipinski definition) is 4. The molecule has 172 valence electrons. The fourth-order valence-corrected chi connectivity index (χ4v) is 3.36. The molecule has 0 saturated carbocycles. The first kappa shape index (κ1) is 24.5. The van der Waals surface area contributed by atoms with E-state index in [4.69, 9.17) is 19.1 Å². The summed E-state index contributed by atoms with van der Waals surface area (Å²) in [5, 5.41) is 0. The summed E-state index contributed by atoms with van der Waals surface area (Å²) in [6.07, 6.45) is 12.2. The van der Waals surface area contributed by atoms with E-state index in [1.807, 2.05) is 12.2 Å². The molecule has 0 radical (unpaired) electrons. The van der Waals surface area contributed by atoms with Crippen LogP contribution in [0, 0.1) is 13.3 Å². The second kappa shape index (κ2) is 12.8. The van der Waals surface area contributed by atoms with E-state index >= 15 is 0 Å². The van der Waals surface area contributed by atoms with E-state index in [0.29, 0.717) is 0 Å². The van der Waals surface area contributed by atoms with Crippen molar-refractivity contribution in [3.8, 4) is 0 Å². The van der Waals surface area contributed by atoms with Crippen molar-refractivity contribution in [1.82, 2.24) is 19.6 Å². The maximum absolute atomic E-state index is 4.81. The van der Waals surface area contributed by atoms with E-state index in [1.54, 1.807) is 0 Å². The zero-order chi connectivity index (χ0) is 22.8. The Kier molecular flexibility index (Phi) is 9.77. The first-order chi connectivity index (χ1) is 15.6. The molecule has 0 saturated heterocycles. The fraction of sp³-hybridized carbons (Fsp3) is 0.120. The molecule has 2 heterocycles. The second-order valence-electron chi connectivity index (χ2n) is 7.28. The molecule has 2 aromatic rings. The van der Waals surface area contributed by atoms with Gasteiger partial charge in [-0.05, 0) is 47.1 Å². The van der Waals surface area contributed by atoms with Gasteiger partial charge in [0.1, 0.15) is 0 Å². The minimum absolute atomic E-state index is 0.106. The summed E-state index contributed by atoms with van der Waals surface area (Å²) in [5.74, 6) is 0. The van der Waals surface area contributed by atoms with Crippen molar-refractivity contribution < 1.29 is 15.9 Å². The van der Waals surface area contributed by atoms with Crippen LogP contribution in [0.3, 0.4) is 0 Å². The number of benzene rings is 2. The van der Waals surface area contributed by atoms with Crippen molar-refractivity contribution in [2.75, 3.05) is 6.67 Å². The molecule has 2 aliphatic rings. The molecule has 0 amide bonds. The molecule has 0 unspecified atom stereocenters. The molecule has 0 atom stereocenters. The molecule has 4 nitrogen and oxygen atoms in total. The minimum atomic E-state index is -0.106. The molecule has 0 fully saturated rings. The summed E-state index contributed by atoms with van der Waals surface area (Å²) in [6.45, 7) is 14.4. The van der Waals surface area contributed by atoms with Crippen LogP contribution >= 0.6 is 19.1 Å². The van der Waals surface area contributed by atoms with Gasteiger partial charge in [-0.2, -0.15) is 13.3 Å². The third kappa shape index (κ3) is 7.46. The first-order valence-corrected chi connectivity index (χ1v) is 14.0. The Labute approximate surface area is 207 Å². The van der Waals surface area contributed by atoms with Gasteiger partial charge >= 0.3 is 35.0 Å². The van der Waals surface area contributed by atoms with Crippen molar-refractivity contribution in [2.45, 2.75) is 13.1 Å². The number of rotatable bonds is 8. The molecule has 2 aromatic carbocycles. The summed E-state index contributed by atoms with van der Waals surface area (Å²) in [4.78, 5) is 8.76. The standard InChI is InChI=1S/C25H26N4.2ClH.Pd/c1-3-22-5-9-24(10-6-22)17-26-13-15-28(19-26)21-29-16-14-27(20-29)18-25-11-7-23(4-2)8-12-25;;;/h3-16,19-20H,1-2,17-18,21H2;2*1H;/q-2;;;+2/p-2. The van der Waals surface area contributed by atoms with Crippen LogP contribution in [-0.4, -0.2) is 26.3 Å². The van der Waals surface area contributed by atoms with Gasteiger partial charge in [-0.15, -0.1) is 0 Å². The van der Waals surface area contributed by atoms with E-state index in [0.717, 1.165) is 30.9 Å². The molecule has 7 heteroatoms. The van der Waals surface area contributed by atoms with Gasteiger partial charge in [-0.3, -0.25) is 0 Å². The van der Waals surface area contributed by atoms with Crippen LogP contribution in [0.25, 0.3) is 12.2 Å². The molecule has 2 aliphatic heterocycles. The van der Waals surface area contributed by atoms with E-state index < -0.39 is 0 Å². The normalized spacial score (nSPS) is 14.7. The summed E-state index contributed by atoms with van der Waals surface area (Å²) >= 11 is -0.106. The summed E-state index contributed by atoms with van der Waals surface area (Å²) in [7, 11) is 9.63. The van der Waals surface area contributed by atoms with E-state index in [-0.39, 0.29) is 15.9 Å². The number of nitrogens with zero attached hydrogens (tertiary/aromatic N) is 4. The van der Waals surface area contributed by atoms with Crippen molar-refractivity contribution >= 4 is 31.2 Å². The Morgan fingerprint density at radius 3 is 1.34 bits per heavy atom. The van der Waals surface area contributed by atoms with Gasteiger partial charge in [0.2, 0.25) is 0 Å². The summed E-state index contributed by atoms with van der Waals surface area (Å²) < 4.78 is 0. The van der Waals surface area contributed by atoms with Gasteiger partial charge < -0.3 is 19.6 Å². The van der Waals surface area contributed by atoms with Crippen LogP contribution in [0.1, 0.15) is 22.3 Å². The zero-order valence-corrected chi connectivity index (χ0v) is 20.7. The van der Waals surface area contributed by atoms with Crippen LogP contribution in [-0.2, 0) is 29.0 Å². The van der Waals surface area contributed by atoms with E-state index in [2.05, 4.69) is 119 Å². The number of hydrogen-bond donors (Lipinski definition) is 0. The topological polar surface area (TPSA) is 13.0 Å². The van der Waals surface area contributed by atoms with Crippen molar-refractivity contribution in [3.05, 3.63) is 122 Å². The molecule has 0 N–H and O–H groups in total. The number of halogens is 2. The van der Waals surface area contributed by atoms with Crippen LogP contribution in [0.2, 0.25) is 0 Å². The SMILES string of the molecule is C=Cc1ccc(CN2C=CN(CN3C=CN(Cc4ccc(C=C)cc4)[CH-]3)[CH-]2)cc1.[Cl][Pd][Cl]. The Hall–Kier alpha value is -2.16. The Morgan fingerprint density at radius 2 is 1.00 bits per heavy atom. The van der Waals surface area contributed by atoms with Gasteiger partial charge in [0.25, 0.3) is 0 Å². The van der Waals surface area contributed by atoms with Crippen LogP contribution in [0.4, 0.5) is 0 Å². The first-order valence-electron chi connectivity index (χ1n) is 9.98. The Bertz CT molecular complexity index is 852. The predicted molar refractivity (Wildman–Crippen MR) is 131 cm³/mol. The second-order valence-corrected chi connectivity index (χ2v) is 9.64.